The number of carbonyl (C=O) groups excluding carboxylic acids is 1. The fourth-order valence-corrected chi connectivity index (χ4v) is 9.53. The standard InChI is InChI=1S/C36H36ClF3N6O4S/c1-35(2,3)50-34(47)44-32-21(14-41)23-20(8-9-22(39)30(23)51-32)24-26(37)29-25-28(27(24)40)42-33(43-31(25)46-12-5-4-7-19(46)16-48-29)49-17-36-10-6-11-45(36)15-18(38)13-36/h8-9,18-19H,4-7,10-13,15-17H2,1-3H3,(H,44,47)/t18-,19+,36+/m1/s1. The summed E-state index contributed by atoms with van der Waals surface area (Å²) in [4.78, 5) is 26.3. The number of aromatic nitrogens is 2. The number of fused-ring (bicyclic) bond motifs is 4. The van der Waals surface area contributed by atoms with Gasteiger partial charge in [0.05, 0.1) is 32.3 Å². The fourth-order valence-electron chi connectivity index (χ4n) is 8.13. The van der Waals surface area contributed by atoms with Gasteiger partial charge in [0.2, 0.25) is 0 Å². The van der Waals surface area contributed by atoms with Crippen molar-refractivity contribution in [3.63, 3.8) is 0 Å². The molecule has 3 atom stereocenters. The van der Waals surface area contributed by atoms with Crippen molar-refractivity contribution in [3.8, 4) is 29.0 Å². The van der Waals surface area contributed by atoms with Gasteiger partial charge in [-0.15, -0.1) is 11.3 Å². The van der Waals surface area contributed by atoms with E-state index in [9.17, 15) is 14.4 Å². The smallest absolute Gasteiger partial charge is 0.412 e. The van der Waals surface area contributed by atoms with Crippen LogP contribution >= 0.6 is 22.9 Å². The molecule has 0 bridgehead atoms. The lowest BCUT2D eigenvalue weighted by molar-refractivity contribution is 0.0636. The van der Waals surface area contributed by atoms with Crippen LogP contribution in [0.1, 0.15) is 64.9 Å². The fraction of sp³-hybridized carbons (Fsp3) is 0.500. The highest BCUT2D eigenvalue weighted by atomic mass is 35.5. The predicted molar refractivity (Wildman–Crippen MR) is 189 cm³/mol. The molecule has 8 rings (SSSR count). The van der Waals surface area contributed by atoms with Gasteiger partial charge in [0.1, 0.15) is 53.2 Å². The first-order valence-corrected chi connectivity index (χ1v) is 18.4. The minimum Gasteiger partial charge on any atom is -0.489 e. The first kappa shape index (κ1) is 34.0. The summed E-state index contributed by atoms with van der Waals surface area (Å²) in [5, 5.41) is 13.2. The summed E-state index contributed by atoms with van der Waals surface area (Å²) in [7, 11) is 0. The molecule has 0 spiro atoms. The van der Waals surface area contributed by atoms with Crippen molar-refractivity contribution >= 4 is 60.8 Å². The average Bonchev–Trinajstić information content (AvgIpc) is 3.69. The van der Waals surface area contributed by atoms with Gasteiger partial charge in [-0.2, -0.15) is 15.2 Å². The molecular weight excluding hydrogens is 705 g/mol. The molecule has 268 valence electrons. The van der Waals surface area contributed by atoms with E-state index in [4.69, 9.17) is 30.8 Å². The molecule has 51 heavy (non-hydrogen) atoms. The molecule has 6 heterocycles. The molecule has 0 radical (unpaired) electrons. The van der Waals surface area contributed by atoms with Crippen LogP contribution in [0.5, 0.6) is 11.8 Å². The van der Waals surface area contributed by atoms with E-state index in [0.717, 1.165) is 56.1 Å². The molecule has 4 aliphatic rings. The third kappa shape index (κ3) is 5.77. The number of thiophene rings is 1. The molecule has 1 N–H and O–H groups in total. The van der Waals surface area contributed by atoms with E-state index < -0.39 is 35.0 Å². The van der Waals surface area contributed by atoms with Crippen molar-refractivity contribution in [3.05, 3.63) is 34.4 Å². The average molecular weight is 741 g/mol. The Balaban J connectivity index is 1.30. The van der Waals surface area contributed by atoms with E-state index in [0.29, 0.717) is 30.7 Å². The molecule has 3 saturated heterocycles. The Morgan fingerprint density at radius 3 is 2.82 bits per heavy atom. The molecule has 4 aromatic rings. The highest BCUT2D eigenvalue weighted by molar-refractivity contribution is 7.23. The van der Waals surface area contributed by atoms with Gasteiger partial charge in [-0.1, -0.05) is 17.7 Å². The molecule has 4 aliphatic heterocycles. The summed E-state index contributed by atoms with van der Waals surface area (Å²) in [6.45, 7) is 7.28. The number of hydrogen-bond donors (Lipinski definition) is 1. The third-order valence-corrected chi connectivity index (χ3v) is 11.8. The van der Waals surface area contributed by atoms with Crippen LogP contribution in [0.2, 0.25) is 5.02 Å². The maximum atomic E-state index is 17.3. The summed E-state index contributed by atoms with van der Waals surface area (Å²) in [5.41, 5.74) is -1.52. The summed E-state index contributed by atoms with van der Waals surface area (Å²) in [6.07, 6.45) is 2.99. The number of ether oxygens (including phenoxy) is 3. The van der Waals surface area contributed by atoms with E-state index in [1.807, 2.05) is 0 Å². The van der Waals surface area contributed by atoms with Gasteiger partial charge < -0.3 is 19.1 Å². The van der Waals surface area contributed by atoms with Crippen LogP contribution in [-0.2, 0) is 4.74 Å². The number of nitriles is 1. The van der Waals surface area contributed by atoms with Crippen molar-refractivity contribution in [1.29, 1.82) is 5.26 Å². The molecule has 0 saturated carbocycles. The second-order valence-electron chi connectivity index (χ2n) is 14.7. The van der Waals surface area contributed by atoms with Crippen LogP contribution in [0.3, 0.4) is 0 Å². The van der Waals surface area contributed by atoms with Crippen LogP contribution in [0.25, 0.3) is 32.1 Å². The van der Waals surface area contributed by atoms with Gasteiger partial charge in [-0.05, 0) is 71.0 Å². The van der Waals surface area contributed by atoms with E-state index in [2.05, 4.69) is 26.2 Å². The van der Waals surface area contributed by atoms with Gasteiger partial charge in [0.25, 0.3) is 0 Å². The van der Waals surface area contributed by atoms with E-state index in [-0.39, 0.29) is 73.3 Å². The Labute approximate surface area is 301 Å². The Morgan fingerprint density at radius 1 is 1.22 bits per heavy atom. The zero-order valence-electron chi connectivity index (χ0n) is 28.4. The summed E-state index contributed by atoms with van der Waals surface area (Å²) >= 11 is 7.92. The summed E-state index contributed by atoms with van der Waals surface area (Å²) < 4.78 is 65.3. The van der Waals surface area contributed by atoms with Crippen molar-refractivity contribution in [2.45, 2.75) is 82.6 Å². The third-order valence-electron chi connectivity index (χ3n) is 10.3. The Bertz CT molecular complexity index is 2140. The van der Waals surface area contributed by atoms with Gasteiger partial charge in [0.15, 0.2) is 11.6 Å². The molecular formula is C36H36ClF3N6O4S. The second-order valence-corrected chi connectivity index (χ2v) is 16.1. The van der Waals surface area contributed by atoms with Crippen LogP contribution in [0.4, 0.5) is 28.8 Å². The Morgan fingerprint density at radius 2 is 2.04 bits per heavy atom. The number of nitrogens with zero attached hydrogens (tertiary/aromatic N) is 5. The first-order chi connectivity index (χ1) is 24.4. The van der Waals surface area contributed by atoms with E-state index in [1.165, 1.54) is 6.07 Å². The molecule has 1 amide bonds. The molecule has 2 aromatic heterocycles. The predicted octanol–water partition coefficient (Wildman–Crippen LogP) is 8.37. The Kier molecular flexibility index (Phi) is 8.39. The van der Waals surface area contributed by atoms with Gasteiger partial charge in [-0.25, -0.2) is 18.0 Å². The topological polar surface area (TPSA) is 113 Å². The van der Waals surface area contributed by atoms with Crippen LogP contribution in [-0.4, -0.2) is 77.2 Å². The van der Waals surface area contributed by atoms with Crippen molar-refractivity contribution < 1.29 is 32.2 Å². The lowest BCUT2D eigenvalue weighted by atomic mass is 9.95. The van der Waals surface area contributed by atoms with Gasteiger partial charge in [0, 0.05) is 30.5 Å². The minimum atomic E-state index is -0.949. The van der Waals surface area contributed by atoms with Crippen LogP contribution in [0.15, 0.2) is 12.1 Å². The summed E-state index contributed by atoms with van der Waals surface area (Å²) in [5.74, 6) is -0.883. The number of carbonyl (C=O) groups is 1. The molecule has 3 fully saturated rings. The van der Waals surface area contributed by atoms with Gasteiger partial charge >= 0.3 is 12.1 Å². The van der Waals surface area contributed by atoms with Crippen molar-refractivity contribution in [1.82, 2.24) is 14.9 Å². The molecule has 2 aromatic carbocycles. The molecule has 15 heteroatoms. The maximum Gasteiger partial charge on any atom is 0.412 e. The zero-order valence-corrected chi connectivity index (χ0v) is 29.9. The molecule has 10 nitrogen and oxygen atoms in total. The van der Waals surface area contributed by atoms with Crippen LogP contribution in [0, 0.1) is 23.0 Å². The molecule has 0 aliphatic carbocycles. The number of nitrogens with one attached hydrogen (secondary N) is 1. The lowest BCUT2D eigenvalue weighted by Gasteiger charge is -2.35. The second kappa shape index (κ2) is 12.6. The number of amides is 1. The summed E-state index contributed by atoms with van der Waals surface area (Å²) in [6, 6.07) is 4.47. The molecule has 0 unspecified atom stereocenters. The van der Waals surface area contributed by atoms with Crippen molar-refractivity contribution in [2.24, 2.45) is 0 Å². The zero-order chi connectivity index (χ0) is 35.8. The lowest BCUT2D eigenvalue weighted by Crippen LogP contribution is -2.44. The normalized spacial score (nSPS) is 23.1. The highest BCUT2D eigenvalue weighted by Gasteiger charge is 2.49. The number of halogens is 4. The van der Waals surface area contributed by atoms with Crippen LogP contribution < -0.4 is 19.7 Å². The van der Waals surface area contributed by atoms with Gasteiger partial charge in [-0.3, -0.25) is 10.2 Å². The number of anilines is 2. The highest BCUT2D eigenvalue weighted by Crippen LogP contribution is 2.52. The largest absolute Gasteiger partial charge is 0.489 e. The monoisotopic (exact) mass is 740 g/mol. The first-order valence-electron chi connectivity index (χ1n) is 17.2. The number of alkyl halides is 1. The van der Waals surface area contributed by atoms with E-state index in [1.54, 1.807) is 20.8 Å². The Hall–Kier alpha value is -4.06. The van der Waals surface area contributed by atoms with Crippen molar-refractivity contribution in [2.75, 3.05) is 43.1 Å². The number of hydrogen-bond acceptors (Lipinski definition) is 10. The minimum absolute atomic E-state index is 0.0186. The number of rotatable bonds is 5. The van der Waals surface area contributed by atoms with E-state index >= 15 is 8.78 Å². The number of piperidine rings is 1. The quantitative estimate of drug-likeness (QED) is 0.216. The number of benzene rings is 2. The SMILES string of the molecule is CC(C)(C)OC(=O)Nc1sc2c(F)ccc(-c3c(Cl)c4c5c(nc(OC[C@@]67CCCN6C[C@H](F)C7)nc5c3F)N3CCCC[C@H]3CO4)c2c1C#N. The maximum absolute atomic E-state index is 17.3.